The quantitative estimate of drug-likeness (QED) is 0.370. The molecule has 0 spiro atoms. The molecule has 0 aliphatic carbocycles. The average Bonchev–Trinajstić information content (AvgIpc) is 3.17. The van der Waals surface area contributed by atoms with E-state index in [0.717, 1.165) is 11.1 Å². The molecule has 10 heteroatoms. The summed E-state index contributed by atoms with van der Waals surface area (Å²) in [7, 11) is 0. The van der Waals surface area contributed by atoms with Crippen molar-refractivity contribution < 1.29 is 14.7 Å². The van der Waals surface area contributed by atoms with Gasteiger partial charge in [-0.05, 0) is 60.5 Å². The molecule has 1 amide bonds. The molecule has 8 nitrogen and oxygen atoms in total. The van der Waals surface area contributed by atoms with E-state index in [4.69, 9.17) is 28.3 Å². The molecule has 2 heterocycles. The first-order valence-corrected chi connectivity index (χ1v) is 10.3. The number of carboxylic acids is 1. The lowest BCUT2D eigenvalue weighted by atomic mass is 10.2. The highest BCUT2D eigenvalue weighted by Gasteiger charge is 2.16. The van der Waals surface area contributed by atoms with Crippen LogP contribution in [0.5, 0.6) is 0 Å². The van der Waals surface area contributed by atoms with Gasteiger partial charge in [0.15, 0.2) is 11.3 Å². The van der Waals surface area contributed by atoms with Crippen molar-refractivity contribution in [2.45, 2.75) is 13.5 Å². The van der Waals surface area contributed by atoms with E-state index in [2.05, 4.69) is 20.7 Å². The van der Waals surface area contributed by atoms with Crippen molar-refractivity contribution in [1.29, 1.82) is 0 Å². The number of anilines is 2. The number of aromatic nitrogens is 3. The molecule has 2 aromatic heterocycles. The molecular weight excluding hydrogens is 453 g/mol. The molecule has 0 saturated carbocycles. The van der Waals surface area contributed by atoms with Gasteiger partial charge in [0.25, 0.3) is 5.91 Å². The van der Waals surface area contributed by atoms with E-state index in [1.165, 1.54) is 35.0 Å². The Labute approximate surface area is 192 Å². The second-order valence-electron chi connectivity index (χ2n) is 7.03. The third-order valence-electron chi connectivity index (χ3n) is 4.75. The van der Waals surface area contributed by atoms with Crippen molar-refractivity contribution in [2.24, 2.45) is 0 Å². The van der Waals surface area contributed by atoms with Crippen LogP contribution >= 0.6 is 23.2 Å². The normalized spacial score (nSPS) is 10.8. The number of hydrogen-bond acceptors (Lipinski definition) is 5. The summed E-state index contributed by atoms with van der Waals surface area (Å²) in [6.07, 6.45) is 1.44. The number of aryl methyl sites for hydroxylation is 1. The monoisotopic (exact) mass is 469 g/mol. The number of carbonyl (C=O) groups excluding carboxylic acids is 1. The Kier molecular flexibility index (Phi) is 5.98. The number of benzene rings is 2. The first-order chi connectivity index (χ1) is 15.3. The zero-order valence-electron chi connectivity index (χ0n) is 16.8. The summed E-state index contributed by atoms with van der Waals surface area (Å²) in [6.45, 7) is 2.35. The molecule has 0 bridgehead atoms. The van der Waals surface area contributed by atoms with E-state index < -0.39 is 11.9 Å². The van der Waals surface area contributed by atoms with Crippen LogP contribution in [0.2, 0.25) is 10.0 Å². The minimum atomic E-state index is -1.04. The molecule has 0 aliphatic rings. The molecule has 2 aromatic carbocycles. The van der Waals surface area contributed by atoms with E-state index in [1.54, 1.807) is 12.1 Å². The SMILES string of the molecule is Cc1cc2ncc(C(=O)Nc3ccc(C(=O)O)cc3)n2nc1NCc1ccc(Cl)c(Cl)c1. The van der Waals surface area contributed by atoms with Gasteiger partial charge in [0.2, 0.25) is 0 Å². The van der Waals surface area contributed by atoms with Crippen molar-refractivity contribution in [2.75, 3.05) is 10.6 Å². The minimum absolute atomic E-state index is 0.132. The van der Waals surface area contributed by atoms with E-state index in [-0.39, 0.29) is 11.3 Å². The van der Waals surface area contributed by atoms with Crippen molar-refractivity contribution >= 4 is 52.2 Å². The van der Waals surface area contributed by atoms with Gasteiger partial charge >= 0.3 is 5.97 Å². The third kappa shape index (κ3) is 4.51. The standard InChI is InChI=1S/C22H17Cl2N5O3/c1-12-8-19-25-11-18(21(30)27-15-5-3-14(4-6-15)22(31)32)29(19)28-20(12)26-10-13-2-7-16(23)17(24)9-13/h2-9,11H,10H2,1H3,(H,26,28)(H,27,30)(H,31,32). The highest BCUT2D eigenvalue weighted by molar-refractivity contribution is 6.42. The lowest BCUT2D eigenvalue weighted by molar-refractivity contribution is 0.0696. The fraction of sp³-hybridized carbons (Fsp3) is 0.0909. The molecule has 3 N–H and O–H groups in total. The topological polar surface area (TPSA) is 109 Å². The number of nitrogens with zero attached hydrogens (tertiary/aromatic N) is 3. The van der Waals surface area contributed by atoms with Crippen molar-refractivity contribution in [3.63, 3.8) is 0 Å². The van der Waals surface area contributed by atoms with Crippen LogP contribution in [0.1, 0.15) is 32.0 Å². The van der Waals surface area contributed by atoms with Crippen molar-refractivity contribution in [3.8, 4) is 0 Å². The zero-order valence-corrected chi connectivity index (χ0v) is 18.3. The molecule has 32 heavy (non-hydrogen) atoms. The molecular formula is C22H17Cl2N5O3. The Balaban J connectivity index is 1.55. The fourth-order valence-corrected chi connectivity index (χ4v) is 3.38. The first-order valence-electron chi connectivity index (χ1n) is 9.49. The number of aromatic carboxylic acids is 1. The average molecular weight is 470 g/mol. The van der Waals surface area contributed by atoms with Crippen LogP contribution in [0.4, 0.5) is 11.5 Å². The smallest absolute Gasteiger partial charge is 0.335 e. The Morgan fingerprint density at radius 2 is 1.81 bits per heavy atom. The van der Waals surface area contributed by atoms with Crippen LogP contribution in [-0.4, -0.2) is 31.6 Å². The summed E-state index contributed by atoms with van der Waals surface area (Å²) < 4.78 is 1.45. The number of carbonyl (C=O) groups is 2. The number of imidazole rings is 1. The van der Waals surface area contributed by atoms with E-state index >= 15 is 0 Å². The summed E-state index contributed by atoms with van der Waals surface area (Å²) in [4.78, 5) is 28.0. The number of rotatable bonds is 6. The van der Waals surface area contributed by atoms with Crippen LogP contribution in [0, 0.1) is 6.92 Å². The highest BCUT2D eigenvalue weighted by Crippen LogP contribution is 2.23. The molecule has 162 valence electrons. The molecule has 0 atom stereocenters. The summed E-state index contributed by atoms with van der Waals surface area (Å²) in [5.74, 6) is -0.876. The van der Waals surface area contributed by atoms with Crippen LogP contribution < -0.4 is 10.6 Å². The lowest BCUT2D eigenvalue weighted by Crippen LogP contribution is -2.16. The number of amides is 1. The molecule has 4 rings (SSSR count). The Morgan fingerprint density at radius 1 is 1.06 bits per heavy atom. The second kappa shape index (κ2) is 8.86. The van der Waals surface area contributed by atoms with Gasteiger partial charge in [-0.15, -0.1) is 5.10 Å². The van der Waals surface area contributed by atoms with Gasteiger partial charge < -0.3 is 15.7 Å². The Morgan fingerprint density at radius 3 is 2.50 bits per heavy atom. The zero-order chi connectivity index (χ0) is 22.8. The summed E-state index contributed by atoms with van der Waals surface area (Å²) in [5.41, 5.74) is 3.13. The van der Waals surface area contributed by atoms with Gasteiger partial charge in [-0.25, -0.2) is 14.3 Å². The molecule has 0 radical (unpaired) electrons. The number of fused-ring (bicyclic) bond motifs is 1. The molecule has 0 fully saturated rings. The van der Waals surface area contributed by atoms with Crippen LogP contribution in [0.25, 0.3) is 5.65 Å². The van der Waals surface area contributed by atoms with Crippen molar-refractivity contribution in [1.82, 2.24) is 14.6 Å². The number of nitrogens with one attached hydrogen (secondary N) is 2. The van der Waals surface area contributed by atoms with Crippen molar-refractivity contribution in [3.05, 3.63) is 87.2 Å². The van der Waals surface area contributed by atoms with E-state index in [1.807, 2.05) is 19.1 Å². The summed E-state index contributed by atoms with van der Waals surface area (Å²) >= 11 is 12.0. The van der Waals surface area contributed by atoms with Gasteiger partial charge in [0.1, 0.15) is 5.82 Å². The second-order valence-corrected chi connectivity index (χ2v) is 7.84. The maximum atomic E-state index is 12.8. The molecule has 0 saturated heterocycles. The van der Waals surface area contributed by atoms with Gasteiger partial charge in [-0.2, -0.15) is 0 Å². The van der Waals surface area contributed by atoms with Gasteiger partial charge in [0.05, 0.1) is 21.8 Å². The van der Waals surface area contributed by atoms with Gasteiger partial charge in [0, 0.05) is 12.2 Å². The summed E-state index contributed by atoms with van der Waals surface area (Å²) in [6, 6.07) is 13.1. The maximum Gasteiger partial charge on any atom is 0.335 e. The highest BCUT2D eigenvalue weighted by atomic mass is 35.5. The van der Waals surface area contributed by atoms with E-state index in [0.29, 0.717) is 33.7 Å². The largest absolute Gasteiger partial charge is 0.478 e. The molecule has 0 aliphatic heterocycles. The van der Waals surface area contributed by atoms with Gasteiger partial charge in [-0.1, -0.05) is 29.3 Å². The number of hydrogen-bond donors (Lipinski definition) is 3. The minimum Gasteiger partial charge on any atom is -0.478 e. The molecule has 0 unspecified atom stereocenters. The molecule has 4 aromatic rings. The van der Waals surface area contributed by atoms with Crippen LogP contribution in [-0.2, 0) is 6.54 Å². The maximum absolute atomic E-state index is 12.8. The predicted octanol–water partition coefficient (Wildman–Crippen LogP) is 4.91. The summed E-state index contributed by atoms with van der Waals surface area (Å²) in [5, 5.41) is 20.4. The van der Waals surface area contributed by atoms with Crippen LogP contribution in [0.15, 0.2) is 54.7 Å². The van der Waals surface area contributed by atoms with Gasteiger partial charge in [-0.3, -0.25) is 4.79 Å². The number of carboxylic acid groups (broad SMARTS) is 1. The number of halogens is 2. The van der Waals surface area contributed by atoms with E-state index in [9.17, 15) is 9.59 Å². The van der Waals surface area contributed by atoms with Crippen LogP contribution in [0.3, 0.4) is 0 Å². The Bertz CT molecular complexity index is 1340. The predicted molar refractivity (Wildman–Crippen MR) is 123 cm³/mol. The Hall–Kier alpha value is -3.62. The first kappa shape index (κ1) is 21.6. The lowest BCUT2D eigenvalue weighted by Gasteiger charge is -2.11. The fourth-order valence-electron chi connectivity index (χ4n) is 3.06. The third-order valence-corrected chi connectivity index (χ3v) is 5.49.